The second-order valence-electron chi connectivity index (χ2n) is 16.2. The lowest BCUT2D eigenvalue weighted by Crippen LogP contribution is -2.03. The molecule has 2 aromatic heterocycles. The topological polar surface area (TPSA) is 77.3 Å². The van der Waals surface area contributed by atoms with Gasteiger partial charge < -0.3 is 0 Å². The number of nitrogens with zero attached hydrogens (tertiary/aromatic N) is 6. The average Bonchev–Trinajstić information content (AvgIpc) is 3.42. The van der Waals surface area contributed by atoms with Gasteiger partial charge in [0.15, 0.2) is 34.9 Å². The molecule has 0 amide bonds. The second kappa shape index (κ2) is 18.2. The Kier molecular flexibility index (Phi) is 11.0. The Bertz CT molecular complexity index is 3340. The fourth-order valence-corrected chi connectivity index (χ4v) is 8.53. The van der Waals surface area contributed by atoms with Crippen LogP contribution in [0.1, 0.15) is 18.7 Å². The average molecular weight is 847 g/mol. The van der Waals surface area contributed by atoms with Crippen molar-refractivity contribution in [2.24, 2.45) is 0 Å². The van der Waals surface area contributed by atoms with Crippen LogP contribution in [-0.2, 0) is 0 Å². The van der Waals surface area contributed by atoms with Crippen LogP contribution in [0.25, 0.3) is 107 Å². The first-order valence-electron chi connectivity index (χ1n) is 22.3. The molecule has 6 nitrogen and oxygen atoms in total. The maximum atomic E-state index is 5.07. The van der Waals surface area contributed by atoms with Crippen LogP contribution in [0, 0.1) is 0 Å². The van der Waals surface area contributed by atoms with E-state index in [4.69, 9.17) is 29.9 Å². The molecular weight excluding hydrogens is 805 g/mol. The van der Waals surface area contributed by atoms with Gasteiger partial charge in [0, 0.05) is 27.8 Å². The number of hydrogen-bond donors (Lipinski definition) is 0. The smallest absolute Gasteiger partial charge is 0.164 e. The van der Waals surface area contributed by atoms with Crippen molar-refractivity contribution in [3.8, 4) is 101 Å². The second-order valence-corrected chi connectivity index (χ2v) is 16.2. The van der Waals surface area contributed by atoms with E-state index in [-0.39, 0.29) is 0 Å². The van der Waals surface area contributed by atoms with Gasteiger partial charge in [-0.15, -0.1) is 0 Å². The summed E-state index contributed by atoms with van der Waals surface area (Å²) in [6.07, 6.45) is 8.26. The van der Waals surface area contributed by atoms with Gasteiger partial charge in [-0.1, -0.05) is 218 Å². The molecule has 8 aromatic carbocycles. The fraction of sp³-hybridized carbons (Fsp3) is 0.0333. The fourth-order valence-electron chi connectivity index (χ4n) is 8.53. The molecule has 0 aliphatic heterocycles. The first-order chi connectivity index (χ1) is 32.7. The zero-order valence-corrected chi connectivity index (χ0v) is 36.0. The van der Waals surface area contributed by atoms with Gasteiger partial charge in [0.25, 0.3) is 0 Å². The Morgan fingerprint density at radius 2 is 0.606 bits per heavy atom. The number of aromatic nitrogens is 6. The Balaban J connectivity index is 0.925. The molecule has 10 aromatic rings. The van der Waals surface area contributed by atoms with Crippen LogP contribution >= 0.6 is 0 Å². The Labute approximate surface area is 384 Å². The largest absolute Gasteiger partial charge is 0.209 e. The molecule has 0 radical (unpaired) electrons. The molecule has 6 heteroatoms. The number of rotatable bonds is 10. The first kappa shape index (κ1) is 40.1. The highest BCUT2D eigenvalue weighted by atomic mass is 15.0. The summed E-state index contributed by atoms with van der Waals surface area (Å²) >= 11 is 0. The quantitative estimate of drug-likeness (QED) is 0.136. The van der Waals surface area contributed by atoms with Gasteiger partial charge in [-0.2, -0.15) is 0 Å². The molecular formula is C60H42N6. The van der Waals surface area contributed by atoms with Crippen LogP contribution in [-0.4, -0.2) is 29.9 Å². The minimum atomic E-state index is 0.630. The third kappa shape index (κ3) is 8.39. The van der Waals surface area contributed by atoms with Crippen LogP contribution in [0.5, 0.6) is 0 Å². The predicted octanol–water partition coefficient (Wildman–Crippen LogP) is 14.8. The van der Waals surface area contributed by atoms with Gasteiger partial charge >= 0.3 is 0 Å². The van der Waals surface area contributed by atoms with Gasteiger partial charge in [-0.25, -0.2) is 29.9 Å². The lowest BCUT2D eigenvalue weighted by Gasteiger charge is -2.16. The van der Waals surface area contributed by atoms with E-state index < -0.39 is 0 Å². The molecule has 0 spiro atoms. The molecule has 0 unspecified atom stereocenters. The molecule has 0 fully saturated rings. The summed E-state index contributed by atoms with van der Waals surface area (Å²) in [4.78, 5) is 29.8. The van der Waals surface area contributed by atoms with Crippen molar-refractivity contribution in [1.82, 2.24) is 29.9 Å². The van der Waals surface area contributed by atoms with Crippen LogP contribution in [0.2, 0.25) is 0 Å². The first-order valence-corrected chi connectivity index (χ1v) is 22.3. The van der Waals surface area contributed by atoms with Gasteiger partial charge in [0.2, 0.25) is 0 Å². The van der Waals surface area contributed by atoms with Crippen LogP contribution in [0.15, 0.2) is 231 Å². The molecule has 11 rings (SSSR count). The van der Waals surface area contributed by atoms with Crippen molar-refractivity contribution in [2.45, 2.75) is 12.8 Å². The minimum absolute atomic E-state index is 0.630. The summed E-state index contributed by atoms with van der Waals surface area (Å²) in [5.41, 5.74) is 14.8. The lowest BCUT2D eigenvalue weighted by molar-refractivity contribution is 0.978. The number of hydrogen-bond acceptors (Lipinski definition) is 6. The van der Waals surface area contributed by atoms with Gasteiger partial charge in [0.1, 0.15) is 0 Å². The van der Waals surface area contributed by atoms with E-state index in [9.17, 15) is 0 Å². The molecule has 0 bridgehead atoms. The maximum Gasteiger partial charge on any atom is 0.164 e. The highest BCUT2D eigenvalue weighted by Crippen LogP contribution is 2.40. The van der Waals surface area contributed by atoms with E-state index in [1.165, 1.54) is 0 Å². The Hall–Kier alpha value is -8.74. The summed E-state index contributed by atoms with van der Waals surface area (Å²) in [6, 6.07) is 73.5. The molecule has 0 saturated carbocycles. The standard InChI is InChI=1S/C60H42N6/c1-5-19-42(20-6-1)55-61-56(43-21-7-2-8-22-43)64-59(63-55)46-37-35-41(36-38-46)47-27-17-28-48(39-47)51-31-13-15-33-53(51)54-34-16-14-32-52(54)49-29-18-30-50(40-49)60-65-57(44-23-9-3-10-24-44)62-58(66-60)45-25-11-4-12-26-45/h1-11,13-25,27-40H,12,26H2. The van der Waals surface area contributed by atoms with Crippen molar-refractivity contribution in [1.29, 1.82) is 0 Å². The van der Waals surface area contributed by atoms with Gasteiger partial charge in [-0.05, 0) is 75.1 Å². The third-order valence-electron chi connectivity index (χ3n) is 11.9. The molecule has 2 heterocycles. The maximum absolute atomic E-state index is 5.07. The highest BCUT2D eigenvalue weighted by Gasteiger charge is 2.18. The van der Waals surface area contributed by atoms with Crippen molar-refractivity contribution in [3.63, 3.8) is 0 Å². The zero-order chi connectivity index (χ0) is 44.1. The van der Waals surface area contributed by atoms with Crippen molar-refractivity contribution < 1.29 is 0 Å². The monoisotopic (exact) mass is 846 g/mol. The summed E-state index contributed by atoms with van der Waals surface area (Å²) in [5.74, 6) is 3.96. The van der Waals surface area contributed by atoms with E-state index in [1.54, 1.807) is 0 Å². The van der Waals surface area contributed by atoms with E-state index in [1.807, 2.05) is 78.9 Å². The van der Waals surface area contributed by atoms with Crippen LogP contribution in [0.3, 0.4) is 0 Å². The molecule has 0 saturated heterocycles. The predicted molar refractivity (Wildman–Crippen MR) is 268 cm³/mol. The zero-order valence-electron chi connectivity index (χ0n) is 36.0. The molecule has 0 atom stereocenters. The summed E-state index contributed by atoms with van der Waals surface area (Å²) in [6.45, 7) is 0. The Morgan fingerprint density at radius 3 is 1.08 bits per heavy atom. The summed E-state index contributed by atoms with van der Waals surface area (Å²) < 4.78 is 0. The van der Waals surface area contributed by atoms with Gasteiger partial charge in [-0.3, -0.25) is 0 Å². The summed E-state index contributed by atoms with van der Waals surface area (Å²) in [7, 11) is 0. The van der Waals surface area contributed by atoms with E-state index >= 15 is 0 Å². The molecule has 1 aliphatic rings. The minimum Gasteiger partial charge on any atom is -0.209 e. The molecule has 1 aliphatic carbocycles. The third-order valence-corrected chi connectivity index (χ3v) is 11.9. The normalized spacial score (nSPS) is 12.2. The van der Waals surface area contributed by atoms with E-state index in [0.29, 0.717) is 29.1 Å². The van der Waals surface area contributed by atoms with Crippen LogP contribution < -0.4 is 0 Å². The van der Waals surface area contributed by atoms with Crippen LogP contribution in [0.4, 0.5) is 0 Å². The van der Waals surface area contributed by atoms with Crippen molar-refractivity contribution >= 4 is 5.57 Å². The SMILES string of the molecule is C1=CCCC(c2nc(-c3ccccc3)nc(-c3cccc(-c4ccccc4-c4ccccc4-c4cccc(-c5ccc(-c6nc(-c7ccccc7)nc(-c7ccccc7)n6)cc5)c4)c3)n2)=C1. The molecule has 0 N–H and O–H groups in total. The Morgan fingerprint density at radius 1 is 0.258 bits per heavy atom. The van der Waals surface area contributed by atoms with Crippen molar-refractivity contribution in [3.05, 3.63) is 236 Å². The summed E-state index contributed by atoms with van der Waals surface area (Å²) in [5, 5.41) is 0. The number of allylic oxidation sites excluding steroid dienone is 4. The highest BCUT2D eigenvalue weighted by molar-refractivity contribution is 5.93. The van der Waals surface area contributed by atoms with E-state index in [2.05, 4.69) is 152 Å². The van der Waals surface area contributed by atoms with Crippen molar-refractivity contribution in [2.75, 3.05) is 0 Å². The number of benzene rings is 8. The van der Waals surface area contributed by atoms with E-state index in [0.717, 1.165) is 96.6 Å². The molecule has 312 valence electrons. The molecule has 66 heavy (non-hydrogen) atoms. The lowest BCUT2D eigenvalue weighted by atomic mass is 9.88. The van der Waals surface area contributed by atoms with Gasteiger partial charge in [0.05, 0.1) is 0 Å².